The third kappa shape index (κ3) is 4.81. The lowest BCUT2D eigenvalue weighted by molar-refractivity contribution is 0.0663. The zero-order valence-corrected chi connectivity index (χ0v) is 21.7. The topological polar surface area (TPSA) is 64.4 Å². The van der Waals surface area contributed by atoms with E-state index in [-0.39, 0.29) is 11.5 Å². The Labute approximate surface area is 221 Å². The first-order valence-electron chi connectivity index (χ1n) is 12.5. The molecule has 5 aromatic rings. The van der Waals surface area contributed by atoms with Gasteiger partial charge in [-0.15, -0.1) is 0 Å². The normalized spacial score (nSPS) is 11.8. The van der Waals surface area contributed by atoms with E-state index in [1.165, 1.54) is 0 Å². The standard InChI is InChI=1S/C32H29N3O3/c1-22-11-7-8-14-27(22)31(36)34(21-24-12-5-4-6-13-24)23(2)30-33-29-16-10-9-15-28(29)32(37)35(30)25-17-19-26(38-3)20-18-25/h4-20,23H,21H2,1-3H3. The first kappa shape index (κ1) is 25.0. The maximum absolute atomic E-state index is 14.1. The summed E-state index contributed by atoms with van der Waals surface area (Å²) in [7, 11) is 1.60. The Morgan fingerprint density at radius 1 is 0.895 bits per heavy atom. The van der Waals surface area contributed by atoms with E-state index in [9.17, 15) is 9.59 Å². The van der Waals surface area contributed by atoms with Crippen LogP contribution < -0.4 is 10.3 Å². The van der Waals surface area contributed by atoms with E-state index >= 15 is 0 Å². The molecule has 6 nitrogen and oxygen atoms in total. The number of nitrogens with zero attached hydrogens (tertiary/aromatic N) is 3. The van der Waals surface area contributed by atoms with Gasteiger partial charge in [0.1, 0.15) is 11.6 Å². The second-order valence-electron chi connectivity index (χ2n) is 9.24. The Kier molecular flexibility index (Phi) is 7.05. The summed E-state index contributed by atoms with van der Waals surface area (Å²) in [5.74, 6) is 1.05. The van der Waals surface area contributed by atoms with Crippen molar-refractivity contribution in [1.82, 2.24) is 14.5 Å². The number of carbonyl (C=O) groups is 1. The van der Waals surface area contributed by atoms with E-state index < -0.39 is 6.04 Å². The highest BCUT2D eigenvalue weighted by Crippen LogP contribution is 2.27. The Hall–Kier alpha value is -4.71. The van der Waals surface area contributed by atoms with Gasteiger partial charge in [0.05, 0.1) is 29.7 Å². The number of hydrogen-bond donors (Lipinski definition) is 0. The van der Waals surface area contributed by atoms with E-state index in [4.69, 9.17) is 9.72 Å². The van der Waals surface area contributed by atoms with E-state index in [2.05, 4.69) is 0 Å². The second kappa shape index (κ2) is 10.7. The fourth-order valence-corrected chi connectivity index (χ4v) is 4.68. The van der Waals surface area contributed by atoms with Gasteiger partial charge >= 0.3 is 0 Å². The lowest BCUT2D eigenvalue weighted by atomic mass is 10.1. The maximum atomic E-state index is 14.1. The second-order valence-corrected chi connectivity index (χ2v) is 9.24. The molecule has 4 aromatic carbocycles. The largest absolute Gasteiger partial charge is 0.497 e. The molecule has 190 valence electrons. The molecule has 0 fully saturated rings. The molecule has 1 amide bonds. The molecule has 5 rings (SSSR count). The maximum Gasteiger partial charge on any atom is 0.266 e. The van der Waals surface area contributed by atoms with Crippen LogP contribution in [0, 0.1) is 6.92 Å². The highest BCUT2D eigenvalue weighted by molar-refractivity contribution is 5.96. The van der Waals surface area contributed by atoms with Gasteiger partial charge in [0.25, 0.3) is 11.5 Å². The summed E-state index contributed by atoms with van der Waals surface area (Å²) >= 11 is 0. The summed E-state index contributed by atoms with van der Waals surface area (Å²) < 4.78 is 6.93. The van der Waals surface area contributed by atoms with Crippen molar-refractivity contribution in [3.8, 4) is 11.4 Å². The predicted octanol–water partition coefficient (Wildman–Crippen LogP) is 6.11. The average Bonchev–Trinajstić information content (AvgIpc) is 2.96. The van der Waals surface area contributed by atoms with Crippen LogP contribution in [-0.2, 0) is 6.54 Å². The minimum Gasteiger partial charge on any atom is -0.497 e. The number of methoxy groups -OCH3 is 1. The molecule has 0 bridgehead atoms. The number of carbonyl (C=O) groups excluding carboxylic acids is 1. The Morgan fingerprint density at radius 2 is 1.55 bits per heavy atom. The van der Waals surface area contributed by atoms with Gasteiger partial charge in [0.15, 0.2) is 0 Å². The van der Waals surface area contributed by atoms with Crippen LogP contribution in [0.25, 0.3) is 16.6 Å². The number of amides is 1. The minimum absolute atomic E-state index is 0.122. The molecule has 1 aromatic heterocycles. The van der Waals surface area contributed by atoms with Crippen LogP contribution >= 0.6 is 0 Å². The summed E-state index contributed by atoms with van der Waals surface area (Å²) in [4.78, 5) is 34.7. The van der Waals surface area contributed by atoms with Crippen LogP contribution in [0.5, 0.6) is 5.75 Å². The molecule has 0 aliphatic rings. The van der Waals surface area contributed by atoms with Gasteiger partial charge < -0.3 is 9.64 Å². The zero-order chi connectivity index (χ0) is 26.6. The molecule has 0 saturated heterocycles. The molecule has 1 atom stereocenters. The van der Waals surface area contributed by atoms with Gasteiger partial charge in [0.2, 0.25) is 0 Å². The summed E-state index contributed by atoms with van der Waals surface area (Å²) in [6.45, 7) is 4.22. The first-order chi connectivity index (χ1) is 18.5. The molecule has 0 radical (unpaired) electrons. The highest BCUT2D eigenvalue weighted by Gasteiger charge is 2.28. The molecular formula is C32H29N3O3. The number of benzene rings is 4. The SMILES string of the molecule is COc1ccc(-n2c(C(C)N(Cc3ccccc3)C(=O)c3ccccc3C)nc3ccccc3c2=O)cc1. The van der Waals surface area contributed by atoms with Crippen LogP contribution in [0.15, 0.2) is 108 Å². The van der Waals surface area contributed by atoms with Gasteiger partial charge in [-0.1, -0.05) is 60.7 Å². The Morgan fingerprint density at radius 3 is 2.26 bits per heavy atom. The van der Waals surface area contributed by atoms with Crippen molar-refractivity contribution in [2.75, 3.05) is 7.11 Å². The van der Waals surface area contributed by atoms with Crippen LogP contribution in [0.2, 0.25) is 0 Å². The van der Waals surface area contributed by atoms with Gasteiger partial charge in [0, 0.05) is 12.1 Å². The Balaban J connectivity index is 1.70. The Bertz CT molecular complexity index is 1640. The van der Waals surface area contributed by atoms with Crippen molar-refractivity contribution in [3.05, 3.63) is 136 Å². The number of aryl methyl sites for hydroxylation is 1. The smallest absolute Gasteiger partial charge is 0.266 e. The fourth-order valence-electron chi connectivity index (χ4n) is 4.68. The number of aromatic nitrogens is 2. The van der Waals surface area contributed by atoms with Gasteiger partial charge in [-0.2, -0.15) is 0 Å². The predicted molar refractivity (Wildman–Crippen MR) is 150 cm³/mol. The molecule has 0 aliphatic heterocycles. The van der Waals surface area contributed by atoms with Crippen molar-refractivity contribution in [2.24, 2.45) is 0 Å². The van der Waals surface area contributed by atoms with Crippen molar-refractivity contribution in [1.29, 1.82) is 0 Å². The molecule has 0 spiro atoms. The van der Waals surface area contributed by atoms with Crippen molar-refractivity contribution in [3.63, 3.8) is 0 Å². The van der Waals surface area contributed by atoms with Crippen LogP contribution in [0.1, 0.15) is 40.3 Å². The highest BCUT2D eigenvalue weighted by atomic mass is 16.5. The average molecular weight is 504 g/mol. The van der Waals surface area contributed by atoms with E-state index in [1.54, 1.807) is 22.6 Å². The molecule has 0 saturated carbocycles. The van der Waals surface area contributed by atoms with E-state index in [0.717, 1.165) is 11.1 Å². The van der Waals surface area contributed by atoms with Crippen LogP contribution in [-0.4, -0.2) is 27.5 Å². The van der Waals surface area contributed by atoms with Crippen LogP contribution in [0.4, 0.5) is 0 Å². The molecule has 1 unspecified atom stereocenters. The lowest BCUT2D eigenvalue weighted by Crippen LogP contribution is -2.37. The quantitative estimate of drug-likeness (QED) is 0.269. The van der Waals surface area contributed by atoms with Crippen molar-refractivity contribution in [2.45, 2.75) is 26.4 Å². The summed E-state index contributed by atoms with van der Waals surface area (Å²) in [5, 5.41) is 0.513. The third-order valence-corrected chi connectivity index (χ3v) is 6.81. The monoisotopic (exact) mass is 503 g/mol. The van der Waals surface area contributed by atoms with Crippen molar-refractivity contribution >= 4 is 16.8 Å². The molecule has 0 N–H and O–H groups in total. The minimum atomic E-state index is -0.526. The first-order valence-corrected chi connectivity index (χ1v) is 12.5. The summed E-state index contributed by atoms with van der Waals surface area (Å²) in [5.41, 5.74) is 3.55. The third-order valence-electron chi connectivity index (χ3n) is 6.81. The number of hydrogen-bond acceptors (Lipinski definition) is 4. The fraction of sp³-hybridized carbons (Fsp3) is 0.156. The molecule has 6 heteroatoms. The molecule has 1 heterocycles. The van der Waals surface area contributed by atoms with Crippen LogP contribution in [0.3, 0.4) is 0 Å². The zero-order valence-electron chi connectivity index (χ0n) is 21.7. The van der Waals surface area contributed by atoms with Crippen molar-refractivity contribution < 1.29 is 9.53 Å². The van der Waals surface area contributed by atoms with E-state index in [1.807, 2.05) is 111 Å². The molecular weight excluding hydrogens is 474 g/mol. The summed E-state index contributed by atoms with van der Waals surface area (Å²) in [6, 6.07) is 31.5. The van der Waals surface area contributed by atoms with Gasteiger partial charge in [-0.25, -0.2) is 4.98 Å². The molecule has 0 aliphatic carbocycles. The van der Waals surface area contributed by atoms with E-state index in [0.29, 0.717) is 40.3 Å². The number of rotatable bonds is 7. The van der Waals surface area contributed by atoms with Gasteiger partial charge in [-0.3, -0.25) is 14.2 Å². The number of fused-ring (bicyclic) bond motifs is 1. The number of para-hydroxylation sites is 1. The molecule has 38 heavy (non-hydrogen) atoms. The number of ether oxygens (including phenoxy) is 1. The lowest BCUT2D eigenvalue weighted by Gasteiger charge is -2.31. The van der Waals surface area contributed by atoms with Gasteiger partial charge in [-0.05, 0) is 67.4 Å². The summed E-state index contributed by atoms with van der Waals surface area (Å²) in [6.07, 6.45) is 0.